The maximum absolute atomic E-state index is 6.35. The molecule has 0 spiro atoms. The van der Waals surface area contributed by atoms with Crippen LogP contribution in [0.3, 0.4) is 0 Å². The highest BCUT2D eigenvalue weighted by Gasteiger charge is 2.25. The average molecular weight is 908 g/mol. The molecule has 0 fully saturated rings. The van der Waals surface area contributed by atoms with Gasteiger partial charge in [0, 0.05) is 47.8 Å². The molecule has 3 heteroatoms. The van der Waals surface area contributed by atoms with E-state index in [4.69, 9.17) is 4.42 Å². The minimum absolute atomic E-state index is 0.0146. The van der Waals surface area contributed by atoms with Gasteiger partial charge in [-0.25, -0.2) is 0 Å². The van der Waals surface area contributed by atoms with Crippen molar-refractivity contribution in [1.82, 2.24) is 0 Å². The van der Waals surface area contributed by atoms with E-state index >= 15 is 0 Å². The highest BCUT2D eigenvalue weighted by molar-refractivity contribution is 7.25. The Bertz CT molecular complexity index is 3890. The van der Waals surface area contributed by atoms with Crippen molar-refractivity contribution in [2.45, 2.75) is 52.4 Å². The summed E-state index contributed by atoms with van der Waals surface area (Å²) in [5.74, 6) is 0. The van der Waals surface area contributed by atoms with Gasteiger partial charge in [0.25, 0.3) is 0 Å². The first-order chi connectivity index (χ1) is 33.5. The Morgan fingerprint density at radius 3 is 1.57 bits per heavy atom. The number of para-hydroxylation sites is 3. The second-order valence-electron chi connectivity index (χ2n) is 20.5. The Hall–Kier alpha value is -7.72. The number of thiophene rings is 1. The van der Waals surface area contributed by atoms with E-state index in [-0.39, 0.29) is 10.8 Å². The van der Waals surface area contributed by atoms with Gasteiger partial charge in [0.2, 0.25) is 0 Å². The number of fused-ring (bicyclic) bond motifs is 7. The van der Waals surface area contributed by atoms with Crippen molar-refractivity contribution in [2.24, 2.45) is 0 Å². The zero-order chi connectivity index (χ0) is 47.0. The van der Waals surface area contributed by atoms with Gasteiger partial charge in [0.1, 0.15) is 11.2 Å². The van der Waals surface area contributed by atoms with Crippen LogP contribution in [0.5, 0.6) is 0 Å². The van der Waals surface area contributed by atoms with E-state index in [9.17, 15) is 0 Å². The predicted octanol–water partition coefficient (Wildman–Crippen LogP) is 19.8. The van der Waals surface area contributed by atoms with Crippen LogP contribution in [0.25, 0.3) is 97.4 Å². The lowest BCUT2D eigenvalue weighted by Gasteiger charge is -2.30. The first-order valence-corrected chi connectivity index (χ1v) is 24.9. The van der Waals surface area contributed by atoms with Crippen LogP contribution >= 0.6 is 11.3 Å². The molecule has 2 nitrogen and oxygen atoms in total. The van der Waals surface area contributed by atoms with E-state index in [2.05, 4.69) is 247 Å². The van der Waals surface area contributed by atoms with Gasteiger partial charge < -0.3 is 9.32 Å². The molecule has 0 saturated heterocycles. The number of hydrogen-bond donors (Lipinski definition) is 0. The lowest BCUT2D eigenvalue weighted by atomic mass is 9.78. The molecule has 2 heterocycles. The third kappa shape index (κ3) is 7.50. The number of nitrogens with zero attached hydrogens (tertiary/aromatic N) is 1. The van der Waals surface area contributed by atoms with Crippen LogP contribution in [-0.4, -0.2) is 0 Å². The van der Waals surface area contributed by atoms with Gasteiger partial charge in [-0.3, -0.25) is 0 Å². The molecule has 334 valence electrons. The fraction of sp³-hybridized carbons (Fsp3) is 0.121. The van der Waals surface area contributed by atoms with Gasteiger partial charge in [0.05, 0.1) is 11.4 Å². The Morgan fingerprint density at radius 2 is 0.884 bits per heavy atom. The minimum Gasteiger partial charge on any atom is -0.456 e. The third-order valence-electron chi connectivity index (χ3n) is 14.0. The molecule has 10 aromatic carbocycles. The van der Waals surface area contributed by atoms with E-state index in [1.54, 1.807) is 0 Å². The predicted molar refractivity (Wildman–Crippen MR) is 298 cm³/mol. The highest BCUT2D eigenvalue weighted by atomic mass is 32.1. The topological polar surface area (TPSA) is 16.4 Å². The van der Waals surface area contributed by atoms with Crippen LogP contribution in [0.15, 0.2) is 217 Å². The monoisotopic (exact) mass is 907 g/mol. The maximum atomic E-state index is 6.35. The maximum Gasteiger partial charge on any atom is 0.136 e. The molecule has 12 aromatic rings. The SMILES string of the molecule is CC(C)(C)c1cc(-c2cccc3cccc(-c4ccccc4N(c4ccc(-c5ccc6c(c5)oc5ccccc56)cc4)c4ccccc4-c4cccc5sc6ccccc6c45)c23)cc(C(C)(C)C)c1. The van der Waals surface area contributed by atoms with E-state index in [1.807, 2.05) is 23.5 Å². The summed E-state index contributed by atoms with van der Waals surface area (Å²) in [6, 6.07) is 78.4. The van der Waals surface area contributed by atoms with Crippen LogP contribution < -0.4 is 4.90 Å². The van der Waals surface area contributed by atoms with E-state index < -0.39 is 0 Å². The third-order valence-corrected chi connectivity index (χ3v) is 15.1. The molecule has 0 atom stereocenters. The van der Waals surface area contributed by atoms with Crippen molar-refractivity contribution < 1.29 is 4.42 Å². The Balaban J connectivity index is 1.08. The van der Waals surface area contributed by atoms with Crippen molar-refractivity contribution in [3.63, 3.8) is 0 Å². The smallest absolute Gasteiger partial charge is 0.136 e. The average Bonchev–Trinajstić information content (AvgIpc) is 3.94. The zero-order valence-corrected chi connectivity index (χ0v) is 40.8. The Morgan fingerprint density at radius 1 is 0.362 bits per heavy atom. The molecular weight excluding hydrogens is 855 g/mol. The summed E-state index contributed by atoms with van der Waals surface area (Å²) in [5, 5.41) is 7.31. The zero-order valence-electron chi connectivity index (χ0n) is 40.0. The van der Waals surface area contributed by atoms with Crippen LogP contribution in [0.2, 0.25) is 0 Å². The molecule has 0 amide bonds. The van der Waals surface area contributed by atoms with E-state index in [0.717, 1.165) is 55.7 Å². The van der Waals surface area contributed by atoms with Gasteiger partial charge in [0.15, 0.2) is 0 Å². The van der Waals surface area contributed by atoms with Crippen LogP contribution in [0.1, 0.15) is 52.7 Å². The second kappa shape index (κ2) is 16.5. The van der Waals surface area contributed by atoms with Crippen molar-refractivity contribution in [3.8, 4) is 44.5 Å². The Labute approximate surface area is 408 Å². The van der Waals surface area contributed by atoms with Crippen molar-refractivity contribution >= 4 is 81.3 Å². The van der Waals surface area contributed by atoms with Gasteiger partial charge in [-0.15, -0.1) is 11.3 Å². The molecule has 0 saturated carbocycles. The standard InChI is InChI=1S/C66H53NOS/c1-65(2,3)46-38-45(39-47(41-46)66(4,5)6)49-24-15-18-43-19-16-25-54(63(43)49)50-20-7-11-27-57(50)67(48-35-32-42(33-36-48)44-34-37-53-52-22-9-13-29-59(52)68-60(53)40-44)58-28-12-8-21-51(58)55-26-17-31-62-64(55)56-23-10-14-30-61(56)69-62/h7-41H,1-6H3. The summed E-state index contributed by atoms with van der Waals surface area (Å²) >= 11 is 1.86. The van der Waals surface area contributed by atoms with Crippen LogP contribution in [0, 0.1) is 0 Å². The number of rotatable bonds is 7. The summed E-state index contributed by atoms with van der Waals surface area (Å²) < 4.78 is 8.94. The molecule has 0 bridgehead atoms. The van der Waals surface area contributed by atoms with Crippen LogP contribution in [0.4, 0.5) is 17.1 Å². The lowest BCUT2D eigenvalue weighted by molar-refractivity contribution is 0.569. The van der Waals surface area contributed by atoms with Gasteiger partial charge in [-0.05, 0) is 121 Å². The van der Waals surface area contributed by atoms with Crippen LogP contribution in [-0.2, 0) is 10.8 Å². The number of benzene rings is 10. The fourth-order valence-corrected chi connectivity index (χ4v) is 11.5. The molecule has 0 N–H and O–H groups in total. The molecule has 0 aliphatic carbocycles. The van der Waals surface area contributed by atoms with Crippen molar-refractivity contribution in [3.05, 3.63) is 223 Å². The molecule has 12 rings (SSSR count). The van der Waals surface area contributed by atoms with Gasteiger partial charge in [-0.2, -0.15) is 0 Å². The molecule has 0 aliphatic heterocycles. The van der Waals surface area contributed by atoms with Crippen molar-refractivity contribution in [2.75, 3.05) is 4.90 Å². The summed E-state index contributed by atoms with van der Waals surface area (Å²) in [6.07, 6.45) is 0. The molecule has 2 aromatic heterocycles. The molecule has 0 radical (unpaired) electrons. The van der Waals surface area contributed by atoms with E-state index in [1.165, 1.54) is 69.9 Å². The summed E-state index contributed by atoms with van der Waals surface area (Å²) in [5.41, 5.74) is 17.2. The van der Waals surface area contributed by atoms with Crippen molar-refractivity contribution in [1.29, 1.82) is 0 Å². The number of furan rings is 1. The molecule has 0 aliphatic rings. The first-order valence-electron chi connectivity index (χ1n) is 24.1. The fourth-order valence-electron chi connectivity index (χ4n) is 10.4. The molecule has 0 unspecified atom stereocenters. The molecular formula is C66H53NOS. The largest absolute Gasteiger partial charge is 0.456 e. The minimum atomic E-state index is -0.0146. The summed E-state index contributed by atoms with van der Waals surface area (Å²) in [7, 11) is 0. The summed E-state index contributed by atoms with van der Waals surface area (Å²) in [6.45, 7) is 13.9. The number of anilines is 3. The van der Waals surface area contributed by atoms with E-state index in [0.29, 0.717) is 0 Å². The summed E-state index contributed by atoms with van der Waals surface area (Å²) in [4.78, 5) is 2.49. The van der Waals surface area contributed by atoms with Gasteiger partial charge >= 0.3 is 0 Å². The lowest BCUT2D eigenvalue weighted by Crippen LogP contribution is -2.16. The quantitative estimate of drug-likeness (QED) is 0.158. The molecule has 69 heavy (non-hydrogen) atoms. The Kier molecular flexibility index (Phi) is 10.2. The highest BCUT2D eigenvalue weighted by Crippen LogP contribution is 2.50. The first kappa shape index (κ1) is 42.6. The van der Waals surface area contributed by atoms with Gasteiger partial charge in [-0.1, -0.05) is 199 Å². The second-order valence-corrected chi connectivity index (χ2v) is 21.6. The number of hydrogen-bond acceptors (Lipinski definition) is 3. The normalized spacial score (nSPS) is 12.2.